The smallest absolute Gasteiger partial charge is 0.251 e. The highest BCUT2D eigenvalue weighted by atomic mass is 35.5. The van der Waals surface area contributed by atoms with Gasteiger partial charge in [-0.15, -0.1) is 12.4 Å². The average molecular weight is 583 g/mol. The van der Waals surface area contributed by atoms with Crippen LogP contribution in [0.1, 0.15) is 36.2 Å². The first kappa shape index (κ1) is 32.3. The Bertz CT molecular complexity index is 1220. The zero-order valence-corrected chi connectivity index (χ0v) is 24.3. The van der Waals surface area contributed by atoms with Crippen LogP contribution in [0.15, 0.2) is 42.5 Å². The summed E-state index contributed by atoms with van der Waals surface area (Å²) in [5, 5.41) is 23.2. The number of rotatable bonds is 12. The Morgan fingerprint density at radius 1 is 1.23 bits per heavy atom. The summed E-state index contributed by atoms with van der Waals surface area (Å²) in [4.78, 5) is 32.2. The molecule has 5 N–H and O–H groups in total. The van der Waals surface area contributed by atoms with Crippen molar-refractivity contribution in [3.63, 3.8) is 0 Å². The van der Waals surface area contributed by atoms with E-state index in [-0.39, 0.29) is 41.6 Å². The number of amides is 2. The van der Waals surface area contributed by atoms with Gasteiger partial charge in [0.2, 0.25) is 5.91 Å². The van der Waals surface area contributed by atoms with Crippen LogP contribution in [0.25, 0.3) is 0 Å². The van der Waals surface area contributed by atoms with Crippen molar-refractivity contribution in [3.05, 3.63) is 53.6 Å². The largest absolute Gasteiger partial charge is 0.389 e. The molecule has 1 aromatic heterocycles. The van der Waals surface area contributed by atoms with Gasteiger partial charge in [-0.05, 0) is 37.5 Å². The van der Waals surface area contributed by atoms with E-state index in [0.29, 0.717) is 25.3 Å². The number of anilines is 2. The van der Waals surface area contributed by atoms with Crippen molar-refractivity contribution in [2.24, 2.45) is 0 Å². The first-order valence-electron chi connectivity index (χ1n) is 12.7. The lowest BCUT2D eigenvalue weighted by Gasteiger charge is -2.36. The van der Waals surface area contributed by atoms with Gasteiger partial charge in [-0.25, -0.2) is 13.4 Å². The first-order chi connectivity index (χ1) is 18.0. The maximum Gasteiger partial charge on any atom is 0.251 e. The molecule has 2 heterocycles. The summed E-state index contributed by atoms with van der Waals surface area (Å²) in [6.45, 7) is 5.03. The number of aromatic nitrogens is 1. The number of carbonyl (C=O) groups excluding carboxylic acids is 2. The molecule has 1 fully saturated rings. The first-order valence-corrected chi connectivity index (χ1v) is 14.7. The molecule has 1 aliphatic rings. The van der Waals surface area contributed by atoms with E-state index in [2.05, 4.69) is 26.3 Å². The van der Waals surface area contributed by atoms with Gasteiger partial charge in [-0.1, -0.05) is 37.3 Å². The highest BCUT2D eigenvalue weighted by Crippen LogP contribution is 2.18. The number of nitrogens with zero attached hydrogens (tertiary/aromatic N) is 2. The van der Waals surface area contributed by atoms with Crippen LogP contribution in [0.5, 0.6) is 0 Å². The second-order valence-electron chi connectivity index (χ2n) is 9.78. The van der Waals surface area contributed by atoms with Crippen molar-refractivity contribution in [1.82, 2.24) is 20.5 Å². The van der Waals surface area contributed by atoms with Crippen LogP contribution < -0.4 is 21.3 Å². The third-order valence-electron chi connectivity index (χ3n) is 6.43. The van der Waals surface area contributed by atoms with Gasteiger partial charge in [0, 0.05) is 38.0 Å². The van der Waals surface area contributed by atoms with Gasteiger partial charge < -0.3 is 31.3 Å². The lowest BCUT2D eigenvalue weighted by molar-refractivity contribution is -0.138. The molecule has 0 aliphatic carbocycles. The average Bonchev–Trinajstić information content (AvgIpc) is 2.88. The van der Waals surface area contributed by atoms with Crippen LogP contribution in [0.4, 0.5) is 11.6 Å². The normalized spacial score (nSPS) is 17.9. The summed E-state index contributed by atoms with van der Waals surface area (Å²) >= 11 is 0. The fourth-order valence-corrected chi connectivity index (χ4v) is 4.49. The van der Waals surface area contributed by atoms with Gasteiger partial charge in [-0.3, -0.25) is 9.59 Å². The van der Waals surface area contributed by atoms with Crippen LogP contribution in [0, 0.1) is 0 Å². The number of halogens is 1. The Balaban J connectivity index is 0.00000533. The second kappa shape index (κ2) is 14.5. The van der Waals surface area contributed by atoms with Crippen molar-refractivity contribution in [2.45, 2.75) is 50.9 Å². The molecule has 1 aliphatic heterocycles. The van der Waals surface area contributed by atoms with Gasteiger partial charge >= 0.3 is 0 Å². The molecule has 39 heavy (non-hydrogen) atoms. The number of sulfone groups is 1. The van der Waals surface area contributed by atoms with Gasteiger partial charge in [0.05, 0.1) is 12.1 Å². The number of hydrogen-bond acceptors (Lipinski definition) is 9. The van der Waals surface area contributed by atoms with Crippen molar-refractivity contribution in [3.8, 4) is 0 Å². The number of aliphatic hydroxyl groups excluding tert-OH is 1. The molecule has 11 nitrogen and oxygen atoms in total. The van der Waals surface area contributed by atoms with Crippen LogP contribution >= 0.6 is 12.4 Å². The number of benzene rings is 1. The van der Waals surface area contributed by atoms with E-state index in [1.165, 1.54) is 6.07 Å². The molecule has 0 bridgehead atoms. The molecule has 1 aromatic carbocycles. The van der Waals surface area contributed by atoms with E-state index in [9.17, 15) is 23.1 Å². The maximum absolute atomic E-state index is 13.5. The molecule has 216 valence electrons. The predicted octanol–water partition coefficient (Wildman–Crippen LogP) is 1.26. The Morgan fingerprint density at radius 3 is 2.54 bits per heavy atom. The van der Waals surface area contributed by atoms with Crippen LogP contribution in [0.3, 0.4) is 0 Å². The van der Waals surface area contributed by atoms with Gasteiger partial charge in [0.1, 0.15) is 23.6 Å². The predicted molar refractivity (Wildman–Crippen MR) is 155 cm³/mol. The summed E-state index contributed by atoms with van der Waals surface area (Å²) in [5.41, 5.74) is 1.12. The molecule has 3 rings (SSSR count). The van der Waals surface area contributed by atoms with Crippen LogP contribution in [-0.4, -0.2) is 91.7 Å². The molecule has 2 amide bonds. The van der Waals surface area contributed by atoms with Gasteiger partial charge in [-0.2, -0.15) is 0 Å². The highest BCUT2D eigenvalue weighted by molar-refractivity contribution is 7.90. The minimum absolute atomic E-state index is 0. The van der Waals surface area contributed by atoms with Gasteiger partial charge in [0.15, 0.2) is 9.84 Å². The number of likely N-dealkylation sites (N-methyl/N-ethyl adjacent to an activating group) is 1. The van der Waals surface area contributed by atoms with Crippen molar-refractivity contribution >= 4 is 45.7 Å². The maximum atomic E-state index is 13.5. The second-order valence-corrected chi connectivity index (χ2v) is 11.9. The fourth-order valence-electron chi connectivity index (χ4n) is 4.08. The Morgan fingerprint density at radius 2 is 1.90 bits per heavy atom. The third-order valence-corrected chi connectivity index (χ3v) is 7.10. The summed E-state index contributed by atoms with van der Waals surface area (Å²) in [6, 6.07) is 10.9. The van der Waals surface area contributed by atoms with E-state index in [4.69, 9.17) is 0 Å². The van der Waals surface area contributed by atoms with E-state index < -0.39 is 33.9 Å². The number of hydrogen-bond donors (Lipinski definition) is 5. The summed E-state index contributed by atoms with van der Waals surface area (Å²) < 4.78 is 23.4. The SMILES string of the molecule is CCC(C)Nc1cc(C(=O)NC(Cc2ccccc2)[C@H](O)C2NCCN(C)C2=O)cc(NCS(C)(=O)=O)n1.Cl. The number of piperazine rings is 1. The van der Waals surface area contributed by atoms with Gasteiger partial charge in [0.25, 0.3) is 5.91 Å². The highest BCUT2D eigenvalue weighted by Gasteiger charge is 2.37. The van der Waals surface area contributed by atoms with E-state index in [1.807, 2.05) is 44.2 Å². The van der Waals surface area contributed by atoms with Crippen LogP contribution in [0.2, 0.25) is 0 Å². The zero-order valence-electron chi connectivity index (χ0n) is 22.7. The number of aliphatic hydroxyl groups is 1. The molecular weight excluding hydrogens is 544 g/mol. The Kier molecular flexibility index (Phi) is 12.0. The molecule has 13 heteroatoms. The standard InChI is InChI=1S/C26H38N6O5S.ClH/c1-5-17(2)29-22-15-19(14-21(31-22)28-16-38(4,36)37)25(34)30-20(13-18-9-7-6-8-10-18)24(33)23-26(35)32(3)12-11-27-23;/h6-10,14-15,17,20,23-24,27,33H,5,11-13,16H2,1-4H3,(H,30,34)(H2,28,29,31);1H/t17?,20?,23?,24-;/m0./s1. The molecule has 0 radical (unpaired) electrons. The number of pyridine rings is 1. The van der Waals surface area contributed by atoms with Crippen molar-refractivity contribution in [2.75, 3.05) is 42.9 Å². The molecule has 2 aromatic rings. The molecule has 0 saturated carbocycles. The Labute approximate surface area is 236 Å². The Hall–Kier alpha value is -2.93. The van der Waals surface area contributed by atoms with Crippen molar-refractivity contribution < 1.29 is 23.1 Å². The van der Waals surface area contributed by atoms with E-state index >= 15 is 0 Å². The molecule has 1 saturated heterocycles. The molecule has 4 atom stereocenters. The lowest BCUT2D eigenvalue weighted by Crippen LogP contribution is -2.63. The summed E-state index contributed by atoms with van der Waals surface area (Å²) in [6.07, 6.45) is 1.01. The zero-order chi connectivity index (χ0) is 27.9. The molecule has 3 unspecified atom stereocenters. The van der Waals surface area contributed by atoms with E-state index in [1.54, 1.807) is 18.0 Å². The van der Waals surface area contributed by atoms with E-state index in [0.717, 1.165) is 18.2 Å². The topological polar surface area (TPSA) is 153 Å². The molecular formula is C26H39ClN6O5S. The number of carbonyl (C=O) groups is 2. The number of nitrogens with one attached hydrogen (secondary N) is 4. The minimum atomic E-state index is -3.33. The summed E-state index contributed by atoms with van der Waals surface area (Å²) in [5.74, 6) is -0.439. The molecule has 0 spiro atoms. The van der Waals surface area contributed by atoms with Crippen LogP contribution in [-0.2, 0) is 21.1 Å². The fraction of sp³-hybridized carbons (Fsp3) is 0.500. The lowest BCUT2D eigenvalue weighted by atomic mass is 9.94. The summed E-state index contributed by atoms with van der Waals surface area (Å²) in [7, 11) is -1.65. The quantitative estimate of drug-likeness (QED) is 0.249. The van der Waals surface area contributed by atoms with Crippen molar-refractivity contribution in [1.29, 1.82) is 0 Å². The minimum Gasteiger partial charge on any atom is -0.389 e. The monoisotopic (exact) mass is 582 g/mol. The third kappa shape index (κ3) is 9.64.